The van der Waals surface area contributed by atoms with Gasteiger partial charge in [0.2, 0.25) is 10.0 Å². The lowest BCUT2D eigenvalue weighted by atomic mass is 10.1. The van der Waals surface area contributed by atoms with Crippen LogP contribution in [0.1, 0.15) is 37.0 Å². The quantitative estimate of drug-likeness (QED) is 0.811. The van der Waals surface area contributed by atoms with Crippen LogP contribution in [-0.4, -0.2) is 62.9 Å². The number of piperidine rings is 1. The molecule has 1 aromatic carbocycles. The number of likely N-dealkylation sites (tertiary alicyclic amines) is 1. The molecule has 1 amide bonds. The van der Waals surface area contributed by atoms with Crippen molar-refractivity contribution in [3.63, 3.8) is 0 Å². The Labute approximate surface area is 144 Å². The van der Waals surface area contributed by atoms with E-state index in [0.29, 0.717) is 18.7 Å². The van der Waals surface area contributed by atoms with Gasteiger partial charge in [0, 0.05) is 38.9 Å². The fraction of sp³-hybridized carbons (Fsp3) is 0.588. The van der Waals surface area contributed by atoms with E-state index in [4.69, 9.17) is 4.74 Å². The predicted octanol–water partition coefficient (Wildman–Crippen LogP) is 1.97. The third-order valence-electron chi connectivity index (χ3n) is 4.55. The zero-order valence-electron chi connectivity index (χ0n) is 14.7. The van der Waals surface area contributed by atoms with Crippen molar-refractivity contribution in [1.29, 1.82) is 0 Å². The van der Waals surface area contributed by atoms with Crippen LogP contribution in [0.15, 0.2) is 29.2 Å². The number of hydrogen-bond donors (Lipinski definition) is 0. The van der Waals surface area contributed by atoms with Crippen LogP contribution in [0.5, 0.6) is 0 Å². The molecule has 1 heterocycles. The molecule has 1 aliphatic heterocycles. The number of amides is 1. The van der Waals surface area contributed by atoms with E-state index in [9.17, 15) is 13.2 Å². The Kier molecular flexibility index (Phi) is 6.01. The Hall–Kier alpha value is -1.44. The van der Waals surface area contributed by atoms with Gasteiger partial charge in [-0.25, -0.2) is 8.42 Å². The largest absolute Gasteiger partial charge is 0.381 e. The number of sulfonamides is 1. The van der Waals surface area contributed by atoms with E-state index in [1.807, 2.05) is 13.8 Å². The third kappa shape index (κ3) is 3.96. The summed E-state index contributed by atoms with van der Waals surface area (Å²) in [5, 5.41) is 0. The second-order valence-electron chi connectivity index (χ2n) is 6.37. The summed E-state index contributed by atoms with van der Waals surface area (Å²) < 4.78 is 31.8. The van der Waals surface area contributed by atoms with Crippen LogP contribution in [0.25, 0.3) is 0 Å². The van der Waals surface area contributed by atoms with Crippen molar-refractivity contribution in [2.45, 2.75) is 43.7 Å². The SMILES string of the molecule is COC1CCN(C(=O)c2cccc(S(=O)(=O)N(C)C(C)C)c2)CC1. The molecule has 0 aromatic heterocycles. The average Bonchev–Trinajstić information content (AvgIpc) is 2.60. The van der Waals surface area contributed by atoms with Crippen LogP contribution in [0.4, 0.5) is 0 Å². The molecular weight excluding hydrogens is 328 g/mol. The molecule has 0 spiro atoms. The average molecular weight is 354 g/mol. The smallest absolute Gasteiger partial charge is 0.253 e. The van der Waals surface area contributed by atoms with E-state index in [1.165, 1.54) is 16.4 Å². The van der Waals surface area contributed by atoms with Crippen molar-refractivity contribution in [3.05, 3.63) is 29.8 Å². The van der Waals surface area contributed by atoms with Gasteiger partial charge >= 0.3 is 0 Å². The first-order valence-corrected chi connectivity index (χ1v) is 9.61. The summed E-state index contributed by atoms with van der Waals surface area (Å²) in [6, 6.07) is 6.14. The van der Waals surface area contributed by atoms with Gasteiger partial charge in [0.25, 0.3) is 5.91 Å². The van der Waals surface area contributed by atoms with Crippen LogP contribution in [0.3, 0.4) is 0 Å². The molecule has 24 heavy (non-hydrogen) atoms. The summed E-state index contributed by atoms with van der Waals surface area (Å²) in [6.45, 7) is 4.87. The monoisotopic (exact) mass is 354 g/mol. The molecule has 134 valence electrons. The molecule has 2 rings (SSSR count). The van der Waals surface area contributed by atoms with Crippen LogP contribution in [0.2, 0.25) is 0 Å². The molecule has 0 saturated carbocycles. The predicted molar refractivity (Wildman–Crippen MR) is 92.5 cm³/mol. The van der Waals surface area contributed by atoms with Gasteiger partial charge < -0.3 is 9.64 Å². The van der Waals surface area contributed by atoms with Crippen LogP contribution < -0.4 is 0 Å². The molecule has 1 saturated heterocycles. The van der Waals surface area contributed by atoms with Crippen molar-refractivity contribution < 1.29 is 17.9 Å². The van der Waals surface area contributed by atoms with Gasteiger partial charge in [-0.05, 0) is 44.9 Å². The Bertz CT molecular complexity index is 680. The fourth-order valence-corrected chi connectivity index (χ4v) is 4.12. The summed E-state index contributed by atoms with van der Waals surface area (Å²) in [4.78, 5) is 14.6. The van der Waals surface area contributed by atoms with Gasteiger partial charge in [-0.1, -0.05) is 6.07 Å². The highest BCUT2D eigenvalue weighted by Crippen LogP contribution is 2.20. The Morgan fingerprint density at radius 2 is 1.92 bits per heavy atom. The molecule has 0 atom stereocenters. The Balaban J connectivity index is 2.20. The summed E-state index contributed by atoms with van der Waals surface area (Å²) >= 11 is 0. The van der Waals surface area contributed by atoms with Crippen molar-refractivity contribution in [1.82, 2.24) is 9.21 Å². The normalized spacial score (nSPS) is 16.8. The van der Waals surface area contributed by atoms with Gasteiger partial charge in [0.15, 0.2) is 0 Å². The molecule has 1 aromatic rings. The molecule has 1 aliphatic rings. The summed E-state index contributed by atoms with van der Waals surface area (Å²) in [5.74, 6) is -0.131. The molecule has 6 nitrogen and oxygen atoms in total. The number of rotatable bonds is 5. The highest BCUT2D eigenvalue weighted by atomic mass is 32.2. The van der Waals surface area contributed by atoms with Gasteiger partial charge in [-0.15, -0.1) is 0 Å². The standard InChI is InChI=1S/C17H26N2O4S/c1-13(2)18(3)24(21,22)16-7-5-6-14(12-16)17(20)19-10-8-15(23-4)9-11-19/h5-7,12-13,15H,8-11H2,1-4H3. The van der Waals surface area contributed by atoms with E-state index in [0.717, 1.165) is 12.8 Å². The summed E-state index contributed by atoms with van der Waals surface area (Å²) in [5.41, 5.74) is 0.407. The lowest BCUT2D eigenvalue weighted by Gasteiger charge is -2.31. The van der Waals surface area contributed by atoms with Crippen molar-refractivity contribution >= 4 is 15.9 Å². The highest BCUT2D eigenvalue weighted by Gasteiger charge is 2.26. The minimum absolute atomic E-state index is 0.131. The topological polar surface area (TPSA) is 66.9 Å². The zero-order chi connectivity index (χ0) is 17.9. The zero-order valence-corrected chi connectivity index (χ0v) is 15.5. The van der Waals surface area contributed by atoms with E-state index >= 15 is 0 Å². The molecule has 0 radical (unpaired) electrons. The number of benzene rings is 1. The van der Waals surface area contributed by atoms with Crippen LogP contribution >= 0.6 is 0 Å². The van der Waals surface area contributed by atoms with E-state index in [2.05, 4.69) is 0 Å². The number of hydrogen-bond acceptors (Lipinski definition) is 4. The minimum Gasteiger partial charge on any atom is -0.381 e. The van der Waals surface area contributed by atoms with Crippen molar-refractivity contribution in [2.75, 3.05) is 27.2 Å². The molecule has 0 unspecified atom stereocenters. The fourth-order valence-electron chi connectivity index (χ4n) is 2.71. The maximum atomic E-state index is 12.7. The number of nitrogens with zero attached hydrogens (tertiary/aromatic N) is 2. The van der Waals surface area contributed by atoms with Crippen LogP contribution in [0, 0.1) is 0 Å². The second-order valence-corrected chi connectivity index (χ2v) is 8.37. The number of ether oxygens (including phenoxy) is 1. The van der Waals surface area contributed by atoms with Crippen LogP contribution in [-0.2, 0) is 14.8 Å². The summed E-state index contributed by atoms with van der Waals surface area (Å²) in [7, 11) is -0.367. The lowest BCUT2D eigenvalue weighted by Crippen LogP contribution is -2.40. The number of carbonyl (C=O) groups is 1. The first kappa shape index (κ1) is 18.9. The molecule has 0 N–H and O–H groups in total. The van der Waals surface area contributed by atoms with Crippen molar-refractivity contribution in [2.24, 2.45) is 0 Å². The van der Waals surface area contributed by atoms with E-state index < -0.39 is 10.0 Å². The van der Waals surface area contributed by atoms with Gasteiger partial charge in [-0.3, -0.25) is 4.79 Å². The Morgan fingerprint density at radius 3 is 2.46 bits per heavy atom. The Morgan fingerprint density at radius 1 is 1.29 bits per heavy atom. The summed E-state index contributed by atoms with van der Waals surface area (Å²) in [6.07, 6.45) is 1.80. The van der Waals surface area contributed by atoms with Crippen molar-refractivity contribution in [3.8, 4) is 0 Å². The number of methoxy groups -OCH3 is 1. The molecular formula is C17H26N2O4S. The maximum Gasteiger partial charge on any atom is 0.253 e. The second kappa shape index (κ2) is 7.63. The van der Waals surface area contributed by atoms with Gasteiger partial charge in [-0.2, -0.15) is 4.31 Å². The third-order valence-corrected chi connectivity index (χ3v) is 6.58. The highest BCUT2D eigenvalue weighted by molar-refractivity contribution is 7.89. The van der Waals surface area contributed by atoms with Gasteiger partial charge in [0.05, 0.1) is 11.0 Å². The molecule has 0 bridgehead atoms. The first-order chi connectivity index (χ1) is 11.3. The molecule has 1 fully saturated rings. The maximum absolute atomic E-state index is 12.7. The minimum atomic E-state index is -3.60. The number of carbonyl (C=O) groups excluding carboxylic acids is 1. The molecule has 7 heteroatoms. The molecule has 0 aliphatic carbocycles. The van der Waals surface area contributed by atoms with Gasteiger partial charge in [0.1, 0.15) is 0 Å². The van der Waals surface area contributed by atoms with E-state index in [1.54, 1.807) is 31.2 Å². The lowest BCUT2D eigenvalue weighted by molar-refractivity contribution is 0.0350. The first-order valence-electron chi connectivity index (χ1n) is 8.17. The van der Waals surface area contributed by atoms with E-state index in [-0.39, 0.29) is 22.9 Å².